The van der Waals surface area contributed by atoms with Crippen LogP contribution in [-0.2, 0) is 16.1 Å². The second-order valence-corrected chi connectivity index (χ2v) is 4.28. The molecule has 0 aliphatic carbocycles. The molecule has 0 aromatic carbocycles. The van der Waals surface area contributed by atoms with E-state index in [1.165, 1.54) is 22.9 Å². The Balaban J connectivity index is 2.89. The van der Waals surface area contributed by atoms with E-state index in [1.807, 2.05) is 0 Å². The van der Waals surface area contributed by atoms with Crippen molar-refractivity contribution in [3.8, 4) is 0 Å². The maximum Gasteiger partial charge on any atom is 0.333 e. The molecule has 1 heterocycles. The molecule has 7 nitrogen and oxygen atoms in total. The van der Waals surface area contributed by atoms with E-state index >= 15 is 0 Å². The Hall–Kier alpha value is -1.96. The van der Waals surface area contributed by atoms with Crippen LogP contribution in [0.4, 0.5) is 5.69 Å². The van der Waals surface area contributed by atoms with Crippen LogP contribution in [0.1, 0.15) is 6.92 Å². The van der Waals surface area contributed by atoms with Crippen molar-refractivity contribution in [2.45, 2.75) is 13.5 Å². The zero-order chi connectivity index (χ0) is 14.4. The number of ether oxygens (including phenoxy) is 1. The lowest BCUT2D eigenvalue weighted by Crippen LogP contribution is -2.13. The molecule has 0 aliphatic heterocycles. The summed E-state index contributed by atoms with van der Waals surface area (Å²) < 4.78 is 6.19. The molecule has 0 saturated carbocycles. The van der Waals surface area contributed by atoms with Gasteiger partial charge in [-0.25, -0.2) is 4.79 Å². The van der Waals surface area contributed by atoms with Crippen molar-refractivity contribution in [1.82, 2.24) is 4.57 Å². The van der Waals surface area contributed by atoms with Gasteiger partial charge in [-0.2, -0.15) is 0 Å². The average Bonchev–Trinajstić information content (AvgIpc) is 2.33. The summed E-state index contributed by atoms with van der Waals surface area (Å²) in [5.74, 6) is -0.489. The molecule has 1 rings (SSSR count). The van der Waals surface area contributed by atoms with Crippen LogP contribution in [0.2, 0.25) is 0 Å². The lowest BCUT2D eigenvalue weighted by Gasteiger charge is -2.03. The molecule has 0 radical (unpaired) electrons. The molecule has 1 aromatic heterocycles. The van der Waals surface area contributed by atoms with E-state index in [4.69, 9.17) is 0 Å². The number of halogens is 1. The van der Waals surface area contributed by atoms with Crippen molar-refractivity contribution in [3.63, 3.8) is 0 Å². The third kappa shape index (κ3) is 4.32. The van der Waals surface area contributed by atoms with Gasteiger partial charge in [0.25, 0.3) is 5.43 Å². The first-order valence-electron chi connectivity index (χ1n) is 5.33. The van der Waals surface area contributed by atoms with Gasteiger partial charge in [0.1, 0.15) is 0 Å². The second kappa shape index (κ2) is 6.83. The van der Waals surface area contributed by atoms with E-state index in [-0.39, 0.29) is 17.6 Å². The quantitative estimate of drug-likeness (QED) is 0.354. The number of aromatic nitrogens is 1. The van der Waals surface area contributed by atoms with Crippen molar-refractivity contribution in [2.75, 3.05) is 6.61 Å². The molecular weight excluding hydrogens is 320 g/mol. The van der Waals surface area contributed by atoms with Crippen molar-refractivity contribution in [3.05, 3.63) is 49.4 Å². The highest BCUT2D eigenvalue weighted by molar-refractivity contribution is 9.10. The molecule has 0 unspecified atom stereocenters. The van der Waals surface area contributed by atoms with Gasteiger partial charge in [0.15, 0.2) is 0 Å². The molecule has 1 aromatic rings. The largest absolute Gasteiger partial charge is 0.463 e. The number of hydrogen-bond donors (Lipinski definition) is 0. The van der Waals surface area contributed by atoms with Crippen molar-refractivity contribution < 1.29 is 14.5 Å². The van der Waals surface area contributed by atoms with E-state index in [2.05, 4.69) is 20.7 Å². The first-order chi connectivity index (χ1) is 8.95. The van der Waals surface area contributed by atoms with Crippen LogP contribution in [0.15, 0.2) is 33.8 Å². The van der Waals surface area contributed by atoms with Gasteiger partial charge >= 0.3 is 11.7 Å². The molecular formula is C11H11BrN2O5. The van der Waals surface area contributed by atoms with Crippen LogP contribution in [0.25, 0.3) is 0 Å². The van der Waals surface area contributed by atoms with Crippen LogP contribution in [0.5, 0.6) is 0 Å². The minimum atomic E-state index is -0.751. The van der Waals surface area contributed by atoms with Crippen LogP contribution in [0, 0.1) is 10.1 Å². The van der Waals surface area contributed by atoms with E-state index in [0.29, 0.717) is 0 Å². The Morgan fingerprint density at radius 3 is 2.84 bits per heavy atom. The Morgan fingerprint density at radius 1 is 1.58 bits per heavy atom. The molecule has 0 bridgehead atoms. The zero-order valence-electron chi connectivity index (χ0n) is 10.0. The summed E-state index contributed by atoms with van der Waals surface area (Å²) >= 11 is 2.96. The van der Waals surface area contributed by atoms with Crippen molar-refractivity contribution >= 4 is 27.6 Å². The van der Waals surface area contributed by atoms with Gasteiger partial charge in [-0.05, 0) is 22.9 Å². The van der Waals surface area contributed by atoms with E-state index in [1.54, 1.807) is 6.92 Å². The first kappa shape index (κ1) is 15.1. The second-order valence-electron chi connectivity index (χ2n) is 3.43. The van der Waals surface area contributed by atoms with Crippen molar-refractivity contribution in [1.29, 1.82) is 0 Å². The molecule has 19 heavy (non-hydrogen) atoms. The molecule has 0 saturated heterocycles. The molecule has 0 N–H and O–H groups in total. The molecule has 8 heteroatoms. The Bertz CT molecular complexity index is 579. The fourth-order valence-electron chi connectivity index (χ4n) is 1.28. The van der Waals surface area contributed by atoms with Gasteiger partial charge in [-0.1, -0.05) is 6.08 Å². The highest BCUT2D eigenvalue weighted by Crippen LogP contribution is 2.10. The fraction of sp³-hybridized carbons (Fsp3) is 0.273. The number of nitro groups is 1. The van der Waals surface area contributed by atoms with E-state index in [0.717, 1.165) is 6.20 Å². The summed E-state index contributed by atoms with van der Waals surface area (Å²) in [5, 5.41) is 10.7. The number of allylic oxidation sites excluding steroid dienone is 1. The Kier molecular flexibility index (Phi) is 5.43. The number of hydrogen-bond acceptors (Lipinski definition) is 5. The normalized spacial score (nSPS) is 10.6. The minimum Gasteiger partial charge on any atom is -0.463 e. The molecule has 0 spiro atoms. The Labute approximate surface area is 116 Å². The summed E-state index contributed by atoms with van der Waals surface area (Å²) in [6.07, 6.45) is 5.23. The number of esters is 1. The average molecular weight is 331 g/mol. The van der Waals surface area contributed by atoms with E-state index in [9.17, 15) is 19.7 Å². The highest BCUT2D eigenvalue weighted by Gasteiger charge is 2.15. The van der Waals surface area contributed by atoms with Crippen molar-refractivity contribution in [2.24, 2.45) is 0 Å². The number of nitrogens with zero attached hydrogens (tertiary/aromatic N) is 2. The first-order valence-corrected chi connectivity index (χ1v) is 6.12. The topological polar surface area (TPSA) is 91.4 Å². The molecule has 0 amide bonds. The van der Waals surface area contributed by atoms with Crippen LogP contribution >= 0.6 is 15.9 Å². The SMILES string of the molecule is CCOC(=O)/C=C/Cn1cc(Br)c(=O)c([N+](=O)[O-])c1. The lowest BCUT2D eigenvalue weighted by molar-refractivity contribution is -0.386. The minimum absolute atomic E-state index is 0.0891. The predicted octanol–water partition coefficient (Wildman–Crippen LogP) is 1.64. The van der Waals surface area contributed by atoms with Gasteiger partial charge in [0, 0.05) is 18.8 Å². The monoisotopic (exact) mass is 330 g/mol. The summed E-state index contributed by atoms with van der Waals surface area (Å²) in [6.45, 7) is 2.17. The number of pyridine rings is 1. The van der Waals surface area contributed by atoms with E-state index < -0.39 is 22.0 Å². The van der Waals surface area contributed by atoms with Gasteiger partial charge in [-0.3, -0.25) is 14.9 Å². The standard InChI is InChI=1S/C11H11BrN2O5/c1-2-19-10(15)4-3-5-13-6-8(12)11(16)9(7-13)14(17)18/h3-4,6-7H,2,5H2,1H3/b4-3+. The number of rotatable bonds is 5. The summed E-state index contributed by atoms with van der Waals surface area (Å²) in [6, 6.07) is 0. The van der Waals surface area contributed by atoms with Gasteiger partial charge in [-0.15, -0.1) is 0 Å². The molecule has 102 valence electrons. The third-order valence-corrected chi connectivity index (χ3v) is 2.64. The summed E-state index contributed by atoms with van der Waals surface area (Å²) in [7, 11) is 0. The number of carbonyl (C=O) groups excluding carboxylic acids is 1. The highest BCUT2D eigenvalue weighted by atomic mass is 79.9. The van der Waals surface area contributed by atoms with Gasteiger partial charge in [0.2, 0.25) is 0 Å². The van der Waals surface area contributed by atoms with Gasteiger partial charge < -0.3 is 9.30 Å². The fourth-order valence-corrected chi connectivity index (χ4v) is 1.74. The number of carbonyl (C=O) groups is 1. The Morgan fingerprint density at radius 2 is 2.26 bits per heavy atom. The zero-order valence-corrected chi connectivity index (χ0v) is 11.6. The van der Waals surface area contributed by atoms with Crippen LogP contribution in [-0.4, -0.2) is 22.1 Å². The van der Waals surface area contributed by atoms with Gasteiger partial charge in [0.05, 0.1) is 22.2 Å². The smallest absolute Gasteiger partial charge is 0.333 e. The van der Waals surface area contributed by atoms with Crippen LogP contribution in [0.3, 0.4) is 0 Å². The summed E-state index contributed by atoms with van der Waals surface area (Å²) in [5.41, 5.74) is -1.21. The molecule has 0 fully saturated rings. The summed E-state index contributed by atoms with van der Waals surface area (Å²) in [4.78, 5) is 32.4. The molecule has 0 atom stereocenters. The maximum atomic E-state index is 11.4. The molecule has 0 aliphatic rings. The maximum absolute atomic E-state index is 11.4. The third-order valence-electron chi connectivity index (χ3n) is 2.07. The predicted molar refractivity (Wildman–Crippen MR) is 70.8 cm³/mol. The lowest BCUT2D eigenvalue weighted by atomic mass is 10.4. The van der Waals surface area contributed by atoms with Crippen LogP contribution < -0.4 is 5.43 Å².